The summed E-state index contributed by atoms with van der Waals surface area (Å²) in [5, 5.41) is 9.55. The lowest BCUT2D eigenvalue weighted by molar-refractivity contribution is -0.130. The number of hydrogen-bond acceptors (Lipinski definition) is 4. The van der Waals surface area contributed by atoms with Crippen LogP contribution in [0.1, 0.15) is 32.6 Å². The molecule has 0 fully saturated rings. The number of aromatic nitrogens is 3. The molecule has 0 aliphatic heterocycles. The van der Waals surface area contributed by atoms with Crippen LogP contribution in [0.2, 0.25) is 0 Å². The minimum Gasteiger partial charge on any atom is -0.372 e. The topological polar surface area (TPSA) is 71.9 Å². The van der Waals surface area contributed by atoms with Crippen molar-refractivity contribution in [2.45, 2.75) is 39.5 Å². The normalized spacial score (nSPS) is 12.8. The van der Waals surface area contributed by atoms with Crippen molar-refractivity contribution in [2.24, 2.45) is 0 Å². The summed E-state index contributed by atoms with van der Waals surface area (Å²) >= 11 is 5.11. The number of nitrogens with one attached hydrogen (secondary N) is 2. The van der Waals surface area contributed by atoms with E-state index in [-0.39, 0.29) is 11.9 Å². The fourth-order valence-corrected chi connectivity index (χ4v) is 1.77. The number of carbonyl (C=O) groups is 1. The predicted octanol–water partition coefficient (Wildman–Crippen LogP) is 1.17. The van der Waals surface area contributed by atoms with Crippen LogP contribution in [0.15, 0.2) is 0 Å². The molecule has 0 saturated carbocycles. The maximum atomic E-state index is 11.5. The summed E-state index contributed by atoms with van der Waals surface area (Å²) in [6, 6.07) is 0.202. The van der Waals surface area contributed by atoms with Gasteiger partial charge < -0.3 is 14.6 Å². The van der Waals surface area contributed by atoms with Crippen LogP contribution < -0.4 is 5.32 Å². The zero-order valence-electron chi connectivity index (χ0n) is 10.5. The van der Waals surface area contributed by atoms with Gasteiger partial charge in [-0.3, -0.25) is 9.89 Å². The fourth-order valence-electron chi connectivity index (χ4n) is 1.41. The van der Waals surface area contributed by atoms with Gasteiger partial charge in [0.1, 0.15) is 6.10 Å². The van der Waals surface area contributed by atoms with Crippen molar-refractivity contribution in [3.63, 3.8) is 0 Å². The predicted molar refractivity (Wildman–Crippen MR) is 66.1 cm³/mol. The molecule has 1 aromatic heterocycles. The quantitative estimate of drug-likeness (QED) is 0.778. The molecule has 0 bridgehead atoms. The number of aromatic amines is 1. The van der Waals surface area contributed by atoms with Crippen molar-refractivity contribution in [3.05, 3.63) is 10.6 Å². The molecular weight excluding hydrogens is 240 g/mol. The minimum absolute atomic E-state index is 0.170. The zero-order valence-corrected chi connectivity index (χ0v) is 11.3. The van der Waals surface area contributed by atoms with Crippen LogP contribution in [-0.2, 0) is 16.1 Å². The molecule has 2 N–H and O–H groups in total. The van der Waals surface area contributed by atoms with Gasteiger partial charge in [0.15, 0.2) is 10.6 Å². The van der Waals surface area contributed by atoms with E-state index < -0.39 is 6.10 Å². The van der Waals surface area contributed by atoms with Gasteiger partial charge in [0.25, 0.3) is 0 Å². The monoisotopic (exact) mass is 258 g/mol. The highest BCUT2D eigenvalue weighted by molar-refractivity contribution is 7.71. The number of hydrogen-bond donors (Lipinski definition) is 2. The van der Waals surface area contributed by atoms with E-state index in [0.717, 1.165) is 0 Å². The summed E-state index contributed by atoms with van der Waals surface area (Å²) < 4.78 is 7.34. The molecule has 1 aromatic rings. The summed E-state index contributed by atoms with van der Waals surface area (Å²) in [7, 11) is 1.49. The van der Waals surface area contributed by atoms with E-state index in [2.05, 4.69) is 15.5 Å². The van der Waals surface area contributed by atoms with Crippen LogP contribution >= 0.6 is 12.2 Å². The van der Waals surface area contributed by atoms with Crippen LogP contribution in [0.5, 0.6) is 0 Å². The molecule has 17 heavy (non-hydrogen) atoms. The second-order valence-electron chi connectivity index (χ2n) is 4.00. The first-order chi connectivity index (χ1) is 7.97. The second-order valence-corrected chi connectivity index (χ2v) is 4.39. The highest BCUT2D eigenvalue weighted by Gasteiger charge is 2.14. The lowest BCUT2D eigenvalue weighted by Gasteiger charge is -2.12. The van der Waals surface area contributed by atoms with Gasteiger partial charge in [0.2, 0.25) is 5.91 Å². The van der Waals surface area contributed by atoms with Crippen molar-refractivity contribution < 1.29 is 9.53 Å². The molecule has 0 radical (unpaired) electrons. The van der Waals surface area contributed by atoms with E-state index in [4.69, 9.17) is 17.0 Å². The Kier molecular flexibility index (Phi) is 4.83. The lowest BCUT2D eigenvalue weighted by atomic mass is 10.3. The van der Waals surface area contributed by atoms with Gasteiger partial charge in [-0.25, -0.2) is 0 Å². The molecule has 1 heterocycles. The molecule has 0 saturated heterocycles. The van der Waals surface area contributed by atoms with Gasteiger partial charge in [-0.15, -0.1) is 0 Å². The Labute approximate surface area is 105 Å². The largest absolute Gasteiger partial charge is 0.372 e. The average molecular weight is 258 g/mol. The maximum Gasteiger partial charge on any atom is 0.249 e. The zero-order chi connectivity index (χ0) is 13.0. The third-order valence-electron chi connectivity index (χ3n) is 2.44. The number of methoxy groups -OCH3 is 1. The Hall–Kier alpha value is -1.21. The van der Waals surface area contributed by atoms with Gasteiger partial charge in [0.05, 0.1) is 6.54 Å². The number of amides is 1. The number of carbonyl (C=O) groups excluding carboxylic acids is 1. The number of nitrogens with zero attached hydrogens (tertiary/aromatic N) is 2. The molecule has 96 valence electrons. The van der Waals surface area contributed by atoms with Crippen molar-refractivity contribution in [3.8, 4) is 0 Å². The molecule has 7 heteroatoms. The molecule has 0 aliphatic carbocycles. The molecule has 1 rings (SSSR count). The lowest BCUT2D eigenvalue weighted by Crippen LogP contribution is -2.34. The number of rotatable bonds is 5. The molecule has 1 amide bonds. The first-order valence-corrected chi connectivity index (χ1v) is 5.84. The Morgan fingerprint density at radius 2 is 2.24 bits per heavy atom. The second kappa shape index (κ2) is 5.92. The molecule has 0 aromatic carbocycles. The molecule has 0 unspecified atom stereocenters. The first-order valence-electron chi connectivity index (χ1n) is 5.43. The highest BCUT2D eigenvalue weighted by atomic mass is 32.1. The van der Waals surface area contributed by atoms with E-state index in [1.165, 1.54) is 7.11 Å². The minimum atomic E-state index is -0.468. The molecule has 1 atom stereocenters. The summed E-state index contributed by atoms with van der Waals surface area (Å²) in [6.07, 6.45) is -0.468. The van der Waals surface area contributed by atoms with E-state index in [0.29, 0.717) is 17.1 Å². The SMILES string of the molecule is CO[C@H](C)C(=O)NCc1n[nH]c(=S)n1C(C)C. The summed E-state index contributed by atoms with van der Waals surface area (Å²) in [5.74, 6) is 0.540. The summed E-state index contributed by atoms with van der Waals surface area (Å²) in [5.41, 5.74) is 0. The van der Waals surface area contributed by atoms with E-state index in [1.807, 2.05) is 18.4 Å². The Morgan fingerprint density at radius 3 is 2.76 bits per heavy atom. The Bertz CT molecular complexity index is 438. The molecule has 6 nitrogen and oxygen atoms in total. The third-order valence-corrected chi connectivity index (χ3v) is 2.73. The van der Waals surface area contributed by atoms with Crippen LogP contribution in [-0.4, -0.2) is 33.9 Å². The van der Waals surface area contributed by atoms with Crippen molar-refractivity contribution >= 4 is 18.1 Å². The number of H-pyrrole nitrogens is 1. The number of ether oxygens (including phenoxy) is 1. The van der Waals surface area contributed by atoms with Gasteiger partial charge >= 0.3 is 0 Å². The Balaban J connectivity index is 2.70. The van der Waals surface area contributed by atoms with Crippen molar-refractivity contribution in [2.75, 3.05) is 7.11 Å². The first kappa shape index (κ1) is 13.9. The van der Waals surface area contributed by atoms with Crippen LogP contribution in [0.3, 0.4) is 0 Å². The van der Waals surface area contributed by atoms with Crippen LogP contribution in [0.4, 0.5) is 0 Å². The smallest absolute Gasteiger partial charge is 0.249 e. The van der Waals surface area contributed by atoms with Gasteiger partial charge in [-0.1, -0.05) is 0 Å². The molecule has 0 spiro atoms. The van der Waals surface area contributed by atoms with Gasteiger partial charge in [-0.2, -0.15) is 5.10 Å². The molecule has 0 aliphatic rings. The maximum absolute atomic E-state index is 11.5. The van der Waals surface area contributed by atoms with Gasteiger partial charge in [0, 0.05) is 13.2 Å². The standard InChI is InChI=1S/C10H18N4O2S/c1-6(2)14-8(12-13-10(14)17)5-11-9(15)7(3)16-4/h6-7H,5H2,1-4H3,(H,11,15)(H,13,17)/t7-/m1/s1. The van der Waals surface area contributed by atoms with E-state index >= 15 is 0 Å². The van der Waals surface area contributed by atoms with E-state index in [9.17, 15) is 4.79 Å². The van der Waals surface area contributed by atoms with Crippen molar-refractivity contribution in [1.82, 2.24) is 20.1 Å². The fraction of sp³-hybridized carbons (Fsp3) is 0.700. The van der Waals surface area contributed by atoms with Crippen LogP contribution in [0, 0.1) is 4.77 Å². The average Bonchev–Trinajstić information content (AvgIpc) is 2.66. The van der Waals surface area contributed by atoms with Gasteiger partial charge in [-0.05, 0) is 33.0 Å². The third kappa shape index (κ3) is 3.37. The van der Waals surface area contributed by atoms with Crippen LogP contribution in [0.25, 0.3) is 0 Å². The highest BCUT2D eigenvalue weighted by Crippen LogP contribution is 2.08. The van der Waals surface area contributed by atoms with Crippen molar-refractivity contribution in [1.29, 1.82) is 0 Å². The van der Waals surface area contributed by atoms with E-state index in [1.54, 1.807) is 6.92 Å². The molecular formula is C10H18N4O2S. The summed E-state index contributed by atoms with van der Waals surface area (Å²) in [6.45, 7) is 6.04. The Morgan fingerprint density at radius 1 is 1.59 bits per heavy atom. The summed E-state index contributed by atoms with van der Waals surface area (Å²) in [4.78, 5) is 11.5.